The number of carboxylic acid groups (broad SMARTS) is 1. The molecule has 0 unspecified atom stereocenters. The first-order valence-electron chi connectivity index (χ1n) is 9.19. The van der Waals surface area contributed by atoms with Crippen molar-refractivity contribution in [1.82, 2.24) is 0 Å². The van der Waals surface area contributed by atoms with E-state index in [0.717, 1.165) is 5.56 Å². The van der Waals surface area contributed by atoms with E-state index in [0.29, 0.717) is 33.3 Å². The van der Waals surface area contributed by atoms with E-state index < -0.39 is 18.1 Å². The van der Waals surface area contributed by atoms with Gasteiger partial charge in [-0.15, -0.1) is 0 Å². The summed E-state index contributed by atoms with van der Waals surface area (Å²) in [6, 6.07) is 14.9. The maximum atomic E-state index is 12.2. The van der Waals surface area contributed by atoms with E-state index in [4.69, 9.17) is 10.5 Å². The molecule has 0 aliphatic carbocycles. The molecule has 0 saturated heterocycles. The van der Waals surface area contributed by atoms with Gasteiger partial charge in [0.2, 0.25) is 0 Å². The molecule has 32 heavy (non-hydrogen) atoms. The molecule has 0 saturated carbocycles. The van der Waals surface area contributed by atoms with Crippen molar-refractivity contribution in [3.8, 4) is 22.6 Å². The third-order valence-electron chi connectivity index (χ3n) is 4.48. The van der Waals surface area contributed by atoms with Gasteiger partial charge in [-0.25, -0.2) is 4.79 Å². The molecule has 0 aliphatic rings. The highest BCUT2D eigenvalue weighted by Gasteiger charge is 2.21. The molecule has 10 heteroatoms. The number of rotatable bonds is 6. The second-order valence-corrected chi connectivity index (χ2v) is 10.1. The van der Waals surface area contributed by atoms with Crippen molar-refractivity contribution in [3.63, 3.8) is 0 Å². The molecule has 1 amide bonds. The standard InChI is InChI=1S/C22H17I3N2O5/c23-14-8-11(6-7-17(14)32-22(31)27-13-4-2-1-3-5-13)18-12(10-16(26)21(29)30)9-15(24)20(28)19(18)25/h1-9,16,28H,10,26H2,(H,27,31)(H,29,30)/t16-/m0/s1. The maximum absolute atomic E-state index is 12.2. The lowest BCUT2D eigenvalue weighted by atomic mass is 9.95. The highest BCUT2D eigenvalue weighted by molar-refractivity contribution is 14.1. The van der Waals surface area contributed by atoms with Crippen LogP contribution in [0, 0.1) is 10.7 Å². The van der Waals surface area contributed by atoms with Crippen molar-refractivity contribution < 1.29 is 24.5 Å². The average Bonchev–Trinajstić information content (AvgIpc) is 2.74. The van der Waals surface area contributed by atoms with Crippen molar-refractivity contribution in [3.05, 3.63) is 70.9 Å². The number of anilines is 1. The number of carboxylic acids is 1. The highest BCUT2D eigenvalue weighted by Crippen LogP contribution is 2.40. The SMILES string of the molecule is N[C@@H](Cc1cc(I)c(O)c(I)c1-c1ccc(OC(=O)Nc2ccccc2)c(I)c1)C(=O)O. The number of carbonyl (C=O) groups excluding carboxylic acids is 1. The Balaban J connectivity index is 1.92. The topological polar surface area (TPSA) is 122 Å². The van der Waals surface area contributed by atoms with E-state index in [9.17, 15) is 19.8 Å². The number of nitrogens with one attached hydrogen (secondary N) is 1. The van der Waals surface area contributed by atoms with Crippen molar-refractivity contribution in [1.29, 1.82) is 0 Å². The summed E-state index contributed by atoms with van der Waals surface area (Å²) in [5.74, 6) is -0.612. The molecule has 0 radical (unpaired) electrons. The van der Waals surface area contributed by atoms with E-state index in [1.807, 2.05) is 57.3 Å². The summed E-state index contributed by atoms with van der Waals surface area (Å²) in [4.78, 5) is 23.5. The van der Waals surface area contributed by atoms with E-state index >= 15 is 0 Å². The summed E-state index contributed by atoms with van der Waals surface area (Å²) in [6.45, 7) is 0. The molecular weight excluding hydrogens is 753 g/mol. The Morgan fingerprint density at radius 2 is 1.72 bits per heavy atom. The fraction of sp³-hybridized carbons (Fsp3) is 0.0909. The number of halogens is 3. The number of nitrogens with two attached hydrogens (primary N) is 1. The molecule has 0 bridgehead atoms. The number of phenolic OH excluding ortho intramolecular Hbond substituents is 1. The Morgan fingerprint density at radius 1 is 1.03 bits per heavy atom. The van der Waals surface area contributed by atoms with Crippen LogP contribution in [0.5, 0.6) is 11.5 Å². The monoisotopic (exact) mass is 770 g/mol. The summed E-state index contributed by atoms with van der Waals surface area (Å²) < 4.78 is 7.30. The zero-order valence-electron chi connectivity index (χ0n) is 16.3. The van der Waals surface area contributed by atoms with Gasteiger partial charge in [0, 0.05) is 11.3 Å². The second kappa shape index (κ2) is 11.0. The summed E-state index contributed by atoms with van der Waals surface area (Å²) in [7, 11) is 0. The minimum atomic E-state index is -1.10. The smallest absolute Gasteiger partial charge is 0.417 e. The number of carbonyl (C=O) groups is 2. The van der Waals surface area contributed by atoms with Crippen molar-refractivity contribution in [2.45, 2.75) is 12.5 Å². The van der Waals surface area contributed by atoms with Gasteiger partial charge < -0.3 is 20.7 Å². The van der Waals surface area contributed by atoms with Gasteiger partial charge in [0.1, 0.15) is 17.5 Å². The Bertz CT molecular complexity index is 1170. The second-order valence-electron chi connectivity index (χ2n) is 6.73. The normalized spacial score (nSPS) is 11.6. The minimum Gasteiger partial charge on any atom is -0.506 e. The number of hydrogen-bond acceptors (Lipinski definition) is 5. The number of benzene rings is 3. The Hall–Kier alpha value is -1.65. The molecule has 7 nitrogen and oxygen atoms in total. The van der Waals surface area contributed by atoms with Gasteiger partial charge in [-0.2, -0.15) is 0 Å². The Labute approximate surface area is 225 Å². The highest BCUT2D eigenvalue weighted by atomic mass is 127. The van der Waals surface area contributed by atoms with Gasteiger partial charge >= 0.3 is 12.1 Å². The lowest BCUT2D eigenvalue weighted by Gasteiger charge is -2.17. The van der Waals surface area contributed by atoms with Crippen LogP contribution in [0.3, 0.4) is 0 Å². The van der Waals surface area contributed by atoms with Crippen molar-refractivity contribution in [2.75, 3.05) is 5.32 Å². The summed E-state index contributed by atoms with van der Waals surface area (Å²) in [5, 5.41) is 22.4. The number of hydrogen-bond donors (Lipinski definition) is 4. The first-order chi connectivity index (χ1) is 15.2. The Morgan fingerprint density at radius 3 is 2.34 bits per heavy atom. The molecule has 0 aliphatic heterocycles. The van der Waals surface area contributed by atoms with Crippen molar-refractivity contribution in [2.24, 2.45) is 5.73 Å². The molecule has 3 aromatic rings. The maximum Gasteiger partial charge on any atom is 0.417 e. The van der Waals surface area contributed by atoms with Gasteiger partial charge in [0.05, 0.1) is 10.7 Å². The largest absolute Gasteiger partial charge is 0.506 e. The van der Waals surface area contributed by atoms with E-state index in [1.165, 1.54) is 0 Å². The third kappa shape index (κ3) is 6.02. The number of ether oxygens (including phenoxy) is 1. The van der Waals surface area contributed by atoms with Gasteiger partial charge in [0.15, 0.2) is 0 Å². The molecule has 1 atom stereocenters. The molecule has 0 aromatic heterocycles. The predicted octanol–water partition coefficient (Wildman–Crippen LogP) is 5.44. The van der Waals surface area contributed by atoms with Crippen LogP contribution in [0.2, 0.25) is 0 Å². The van der Waals surface area contributed by atoms with Crippen LogP contribution in [-0.4, -0.2) is 28.3 Å². The number of aliphatic carboxylic acids is 1. The third-order valence-corrected chi connectivity index (χ3v) is 7.19. The number of aromatic hydroxyl groups is 1. The lowest BCUT2D eigenvalue weighted by Crippen LogP contribution is -2.32. The lowest BCUT2D eigenvalue weighted by molar-refractivity contribution is -0.138. The Kier molecular flexibility index (Phi) is 8.57. The molecule has 0 fully saturated rings. The molecular formula is C22H17I3N2O5. The van der Waals surface area contributed by atoms with Crippen LogP contribution >= 0.6 is 67.8 Å². The van der Waals surface area contributed by atoms with E-state index in [1.54, 1.807) is 42.5 Å². The minimum absolute atomic E-state index is 0.102. The number of phenols is 1. The van der Waals surface area contributed by atoms with Crippen LogP contribution in [0.25, 0.3) is 11.1 Å². The molecule has 166 valence electrons. The summed E-state index contributed by atoms with van der Waals surface area (Å²) in [6.07, 6.45) is -0.512. The summed E-state index contributed by atoms with van der Waals surface area (Å²) in [5.41, 5.74) is 8.53. The molecule has 5 N–H and O–H groups in total. The van der Waals surface area contributed by atoms with Crippen LogP contribution in [0.15, 0.2) is 54.6 Å². The number of amides is 1. The van der Waals surface area contributed by atoms with Crippen LogP contribution in [-0.2, 0) is 11.2 Å². The zero-order valence-corrected chi connectivity index (χ0v) is 22.8. The zero-order chi connectivity index (χ0) is 23.4. The van der Waals surface area contributed by atoms with Crippen LogP contribution < -0.4 is 15.8 Å². The van der Waals surface area contributed by atoms with Gasteiger partial charge in [0.25, 0.3) is 0 Å². The van der Waals surface area contributed by atoms with Gasteiger partial charge in [-0.05, 0) is 116 Å². The predicted molar refractivity (Wildman–Crippen MR) is 147 cm³/mol. The van der Waals surface area contributed by atoms with Crippen LogP contribution in [0.4, 0.5) is 10.5 Å². The van der Waals surface area contributed by atoms with E-state index in [-0.39, 0.29) is 12.2 Å². The fourth-order valence-corrected chi connectivity index (χ4v) is 5.69. The molecule has 3 rings (SSSR count). The average molecular weight is 770 g/mol. The number of para-hydroxylation sites is 1. The molecule has 3 aromatic carbocycles. The first kappa shape index (κ1) is 25.0. The fourth-order valence-electron chi connectivity index (χ4n) is 2.96. The quantitative estimate of drug-likeness (QED) is 0.248. The van der Waals surface area contributed by atoms with E-state index in [2.05, 4.69) is 27.9 Å². The van der Waals surface area contributed by atoms with Crippen molar-refractivity contribution >= 4 is 85.5 Å². The first-order valence-corrected chi connectivity index (χ1v) is 12.4. The molecule has 0 spiro atoms. The summed E-state index contributed by atoms with van der Waals surface area (Å²) >= 11 is 6.10. The van der Waals surface area contributed by atoms with Crippen LogP contribution in [0.1, 0.15) is 5.56 Å². The van der Waals surface area contributed by atoms with Gasteiger partial charge in [-0.3, -0.25) is 10.1 Å². The van der Waals surface area contributed by atoms with Gasteiger partial charge in [-0.1, -0.05) is 24.3 Å². The molecule has 0 heterocycles.